The van der Waals surface area contributed by atoms with Crippen molar-refractivity contribution in [1.29, 1.82) is 0 Å². The van der Waals surface area contributed by atoms with Crippen LogP contribution in [0.4, 0.5) is 0 Å². The third kappa shape index (κ3) is 2.64. The van der Waals surface area contributed by atoms with Gasteiger partial charge in [-0.25, -0.2) is 0 Å². The first-order chi connectivity index (χ1) is 5.91. The molecule has 78 valence electrons. The molecule has 4 heteroatoms. The van der Waals surface area contributed by atoms with Crippen LogP contribution in [0.5, 0.6) is 0 Å². The average Bonchev–Trinajstić information content (AvgIpc) is 1.94. The Morgan fingerprint density at radius 1 is 1.31 bits per heavy atom. The zero-order valence-corrected chi connectivity index (χ0v) is 8.96. The SMILES string of the molecule is COC1(OC)CN(CC(C)(C)N)C1. The van der Waals surface area contributed by atoms with E-state index in [1.54, 1.807) is 14.2 Å². The Morgan fingerprint density at radius 3 is 2.08 bits per heavy atom. The highest BCUT2D eigenvalue weighted by Crippen LogP contribution is 2.25. The van der Waals surface area contributed by atoms with Crippen LogP contribution in [-0.2, 0) is 9.47 Å². The van der Waals surface area contributed by atoms with E-state index in [0.717, 1.165) is 19.6 Å². The highest BCUT2D eigenvalue weighted by molar-refractivity contribution is 4.92. The summed E-state index contributed by atoms with van der Waals surface area (Å²) in [4.78, 5) is 2.23. The number of likely N-dealkylation sites (tertiary alicyclic amines) is 1. The van der Waals surface area contributed by atoms with E-state index in [9.17, 15) is 0 Å². The fourth-order valence-electron chi connectivity index (χ4n) is 1.66. The van der Waals surface area contributed by atoms with Crippen LogP contribution in [0.3, 0.4) is 0 Å². The Kier molecular flexibility index (Phi) is 2.97. The molecule has 0 aliphatic carbocycles. The molecule has 0 atom stereocenters. The van der Waals surface area contributed by atoms with E-state index >= 15 is 0 Å². The maximum Gasteiger partial charge on any atom is 0.193 e. The van der Waals surface area contributed by atoms with Gasteiger partial charge < -0.3 is 15.2 Å². The molecule has 2 N–H and O–H groups in total. The second kappa shape index (κ2) is 3.53. The maximum absolute atomic E-state index is 5.89. The number of hydrogen-bond donors (Lipinski definition) is 1. The van der Waals surface area contributed by atoms with E-state index in [0.29, 0.717) is 0 Å². The molecule has 0 radical (unpaired) electrons. The van der Waals surface area contributed by atoms with Crippen molar-refractivity contribution in [2.75, 3.05) is 33.9 Å². The Morgan fingerprint density at radius 2 is 1.77 bits per heavy atom. The van der Waals surface area contributed by atoms with Crippen LogP contribution in [0.2, 0.25) is 0 Å². The van der Waals surface area contributed by atoms with Crippen LogP contribution in [0.1, 0.15) is 13.8 Å². The molecule has 1 fully saturated rings. The van der Waals surface area contributed by atoms with Crippen molar-refractivity contribution in [1.82, 2.24) is 4.90 Å². The standard InChI is InChI=1S/C9H20N2O2/c1-8(2,10)5-11-6-9(7-11,12-3)13-4/h5-7,10H2,1-4H3. The van der Waals surface area contributed by atoms with Crippen molar-refractivity contribution in [3.05, 3.63) is 0 Å². The number of methoxy groups -OCH3 is 2. The fraction of sp³-hybridized carbons (Fsp3) is 1.00. The predicted octanol–water partition coefficient (Wildman–Crippen LogP) is 0.0284. The predicted molar refractivity (Wildman–Crippen MR) is 51.5 cm³/mol. The molecule has 0 unspecified atom stereocenters. The topological polar surface area (TPSA) is 47.7 Å². The van der Waals surface area contributed by atoms with Crippen molar-refractivity contribution in [3.63, 3.8) is 0 Å². The lowest BCUT2D eigenvalue weighted by atomic mass is 10.0. The van der Waals surface area contributed by atoms with Gasteiger partial charge in [0.15, 0.2) is 5.79 Å². The fourth-order valence-corrected chi connectivity index (χ4v) is 1.66. The van der Waals surface area contributed by atoms with Gasteiger partial charge in [0, 0.05) is 26.3 Å². The number of nitrogens with two attached hydrogens (primary N) is 1. The van der Waals surface area contributed by atoms with Gasteiger partial charge >= 0.3 is 0 Å². The Labute approximate surface area is 80.0 Å². The van der Waals surface area contributed by atoms with Gasteiger partial charge in [0.2, 0.25) is 0 Å². The Bertz CT molecular complexity index is 165. The number of nitrogens with zero attached hydrogens (tertiary/aromatic N) is 1. The summed E-state index contributed by atoms with van der Waals surface area (Å²) in [5, 5.41) is 0. The molecule has 1 saturated heterocycles. The van der Waals surface area contributed by atoms with Crippen molar-refractivity contribution >= 4 is 0 Å². The molecule has 0 spiro atoms. The molecule has 4 nitrogen and oxygen atoms in total. The Hall–Kier alpha value is -0.160. The minimum absolute atomic E-state index is 0.145. The van der Waals surface area contributed by atoms with Gasteiger partial charge in [0.05, 0.1) is 13.1 Å². The summed E-state index contributed by atoms with van der Waals surface area (Å²) < 4.78 is 10.5. The summed E-state index contributed by atoms with van der Waals surface area (Å²) in [6.45, 7) is 6.53. The third-order valence-electron chi connectivity index (χ3n) is 2.30. The molecule has 1 aliphatic rings. The summed E-state index contributed by atoms with van der Waals surface area (Å²) in [6, 6.07) is 0. The quantitative estimate of drug-likeness (QED) is 0.632. The molecule has 1 heterocycles. The van der Waals surface area contributed by atoms with Gasteiger partial charge in [0.1, 0.15) is 0 Å². The molecule has 13 heavy (non-hydrogen) atoms. The molecule has 1 rings (SSSR count). The number of rotatable bonds is 4. The lowest BCUT2D eigenvalue weighted by molar-refractivity contribution is -0.276. The van der Waals surface area contributed by atoms with Gasteiger partial charge in [-0.05, 0) is 13.8 Å². The molecule has 0 aromatic rings. The smallest absolute Gasteiger partial charge is 0.193 e. The average molecular weight is 188 g/mol. The van der Waals surface area contributed by atoms with Gasteiger partial charge in [-0.2, -0.15) is 0 Å². The van der Waals surface area contributed by atoms with Gasteiger partial charge in [-0.1, -0.05) is 0 Å². The summed E-state index contributed by atoms with van der Waals surface area (Å²) >= 11 is 0. The summed E-state index contributed by atoms with van der Waals surface area (Å²) in [5.41, 5.74) is 5.75. The molecule has 0 saturated carbocycles. The normalized spacial score (nSPS) is 22.8. The highest BCUT2D eigenvalue weighted by Gasteiger charge is 2.44. The van der Waals surface area contributed by atoms with E-state index in [1.807, 2.05) is 13.8 Å². The maximum atomic E-state index is 5.89. The highest BCUT2D eigenvalue weighted by atomic mass is 16.7. The molecule has 1 aliphatic heterocycles. The Balaban J connectivity index is 2.32. The number of ether oxygens (including phenoxy) is 2. The van der Waals surface area contributed by atoms with Crippen LogP contribution in [0, 0.1) is 0 Å². The molecule has 0 bridgehead atoms. The number of hydrogen-bond acceptors (Lipinski definition) is 4. The molecule has 0 aromatic heterocycles. The lowest BCUT2D eigenvalue weighted by Crippen LogP contribution is -2.66. The van der Waals surface area contributed by atoms with Crippen molar-refractivity contribution in [2.45, 2.75) is 25.2 Å². The van der Waals surface area contributed by atoms with E-state index in [-0.39, 0.29) is 11.3 Å². The van der Waals surface area contributed by atoms with Crippen LogP contribution in [0.15, 0.2) is 0 Å². The van der Waals surface area contributed by atoms with Crippen molar-refractivity contribution in [3.8, 4) is 0 Å². The molecule has 0 aromatic carbocycles. The zero-order valence-electron chi connectivity index (χ0n) is 8.96. The molecular formula is C9H20N2O2. The van der Waals surface area contributed by atoms with E-state index in [2.05, 4.69) is 4.90 Å². The van der Waals surface area contributed by atoms with E-state index in [4.69, 9.17) is 15.2 Å². The van der Waals surface area contributed by atoms with Crippen LogP contribution in [0.25, 0.3) is 0 Å². The van der Waals surface area contributed by atoms with Gasteiger partial charge in [-0.15, -0.1) is 0 Å². The minimum Gasteiger partial charge on any atom is -0.351 e. The monoisotopic (exact) mass is 188 g/mol. The van der Waals surface area contributed by atoms with Crippen LogP contribution in [-0.4, -0.2) is 50.1 Å². The van der Waals surface area contributed by atoms with Crippen LogP contribution >= 0.6 is 0 Å². The second-order valence-electron chi connectivity index (χ2n) is 4.45. The summed E-state index contributed by atoms with van der Waals surface area (Å²) in [5.74, 6) is -0.384. The second-order valence-corrected chi connectivity index (χ2v) is 4.45. The zero-order chi connectivity index (χ0) is 10.1. The van der Waals surface area contributed by atoms with Gasteiger partial charge in [0.25, 0.3) is 0 Å². The van der Waals surface area contributed by atoms with Gasteiger partial charge in [-0.3, -0.25) is 4.90 Å². The van der Waals surface area contributed by atoms with Crippen LogP contribution < -0.4 is 5.73 Å². The third-order valence-corrected chi connectivity index (χ3v) is 2.30. The van der Waals surface area contributed by atoms with E-state index < -0.39 is 0 Å². The first kappa shape index (κ1) is 10.9. The first-order valence-corrected chi connectivity index (χ1v) is 4.52. The van der Waals surface area contributed by atoms with E-state index in [1.165, 1.54) is 0 Å². The minimum atomic E-state index is -0.384. The molecular weight excluding hydrogens is 168 g/mol. The first-order valence-electron chi connectivity index (χ1n) is 4.52. The summed E-state index contributed by atoms with van der Waals surface area (Å²) in [7, 11) is 3.35. The summed E-state index contributed by atoms with van der Waals surface area (Å²) in [6.07, 6.45) is 0. The molecule has 0 amide bonds. The van der Waals surface area contributed by atoms with Crippen molar-refractivity contribution < 1.29 is 9.47 Å². The van der Waals surface area contributed by atoms with Crippen molar-refractivity contribution in [2.24, 2.45) is 5.73 Å². The lowest BCUT2D eigenvalue weighted by Gasteiger charge is -2.49. The largest absolute Gasteiger partial charge is 0.351 e.